The van der Waals surface area contributed by atoms with E-state index >= 15 is 0 Å². The quantitative estimate of drug-likeness (QED) is 0.440. The molecule has 1 aromatic carbocycles. The highest BCUT2D eigenvalue weighted by Gasteiger charge is 2.36. The topological polar surface area (TPSA) is 117 Å². The zero-order valence-corrected chi connectivity index (χ0v) is 19.4. The molecule has 0 bridgehead atoms. The van der Waals surface area contributed by atoms with E-state index in [0.29, 0.717) is 11.2 Å². The van der Waals surface area contributed by atoms with Crippen molar-refractivity contribution in [1.29, 1.82) is 5.26 Å². The van der Waals surface area contributed by atoms with Gasteiger partial charge in [0.1, 0.15) is 36.6 Å². The van der Waals surface area contributed by atoms with Gasteiger partial charge in [-0.05, 0) is 38.4 Å². The molecule has 0 amide bonds. The maximum atomic E-state index is 13.0. The van der Waals surface area contributed by atoms with Crippen LogP contribution in [0, 0.1) is 18.3 Å². The molecule has 4 heterocycles. The van der Waals surface area contributed by atoms with Gasteiger partial charge in [-0.3, -0.25) is 4.79 Å². The number of anilines is 1. The number of ketones is 1. The number of carbonyl (C=O) groups is 1. The van der Waals surface area contributed by atoms with Gasteiger partial charge in [0.25, 0.3) is 0 Å². The van der Waals surface area contributed by atoms with Crippen LogP contribution >= 0.6 is 0 Å². The first-order valence-electron chi connectivity index (χ1n) is 11.1. The minimum atomic E-state index is -0.301. The number of hydrogen-bond acceptors (Lipinski definition) is 8. The second-order valence-corrected chi connectivity index (χ2v) is 8.85. The number of hydrogen-bond donors (Lipinski definition) is 1. The molecule has 34 heavy (non-hydrogen) atoms. The zero-order valence-electron chi connectivity index (χ0n) is 19.4. The normalized spacial score (nSPS) is 17.9. The van der Waals surface area contributed by atoms with E-state index in [2.05, 4.69) is 43.4 Å². The number of carbonyl (C=O) groups excluding carboxylic acids is 1. The smallest absolute Gasteiger partial charge is 0.223 e. The molecule has 0 saturated carbocycles. The van der Waals surface area contributed by atoms with Crippen molar-refractivity contribution in [3.05, 3.63) is 59.9 Å². The Labute approximate surface area is 196 Å². The minimum Gasteiger partial charge on any atom is -0.354 e. The van der Waals surface area contributed by atoms with Crippen molar-refractivity contribution in [3.63, 3.8) is 0 Å². The highest BCUT2D eigenvalue weighted by molar-refractivity contribution is 5.94. The van der Waals surface area contributed by atoms with Crippen molar-refractivity contribution >= 4 is 17.2 Å². The van der Waals surface area contributed by atoms with Crippen LogP contribution in [0.1, 0.15) is 35.1 Å². The maximum Gasteiger partial charge on any atom is 0.223 e. The number of Topliss-reactive ketones (excluding diaryl/α,β-unsaturated/α-hetero) is 1. The molecule has 0 spiro atoms. The van der Waals surface area contributed by atoms with Crippen molar-refractivity contribution < 1.29 is 4.79 Å². The summed E-state index contributed by atoms with van der Waals surface area (Å²) in [4.78, 5) is 23.6. The summed E-state index contributed by atoms with van der Waals surface area (Å²) < 4.78 is 3.10. The second kappa shape index (κ2) is 8.35. The molecule has 0 unspecified atom stereocenters. The van der Waals surface area contributed by atoms with E-state index in [1.54, 1.807) is 4.52 Å². The average molecular weight is 456 g/mol. The van der Waals surface area contributed by atoms with Gasteiger partial charge in [-0.25, -0.2) is 14.6 Å². The van der Waals surface area contributed by atoms with E-state index in [0.717, 1.165) is 42.0 Å². The van der Waals surface area contributed by atoms with Crippen LogP contribution < -0.4 is 10.2 Å². The molecule has 3 aromatic heterocycles. The summed E-state index contributed by atoms with van der Waals surface area (Å²) in [5, 5.41) is 22.1. The SMILES string of the molecule is CN[C@@]1(C)CCN(c2c(-c3ccccc3)c(C)c(C#N)c3nc(C(=O)Cn4cncn4)nn23)C1. The number of aromatic nitrogens is 6. The van der Waals surface area contributed by atoms with Crippen LogP contribution in [-0.4, -0.2) is 60.8 Å². The highest BCUT2D eigenvalue weighted by Crippen LogP contribution is 2.39. The van der Waals surface area contributed by atoms with Crippen molar-refractivity contribution in [2.45, 2.75) is 32.4 Å². The minimum absolute atomic E-state index is 0.0276. The predicted octanol–water partition coefficient (Wildman–Crippen LogP) is 2.24. The molecule has 1 fully saturated rings. The van der Waals surface area contributed by atoms with Gasteiger partial charge < -0.3 is 10.2 Å². The molecule has 0 radical (unpaired) electrons. The lowest BCUT2D eigenvalue weighted by atomic mass is 9.97. The number of nitrogens with one attached hydrogen (secondary N) is 1. The third kappa shape index (κ3) is 3.60. The Balaban J connectivity index is 1.74. The molecule has 172 valence electrons. The number of benzene rings is 1. The number of pyridine rings is 1. The highest BCUT2D eigenvalue weighted by atomic mass is 16.1. The first kappa shape index (κ1) is 21.7. The molecule has 1 saturated heterocycles. The maximum absolute atomic E-state index is 13.0. The van der Waals surface area contributed by atoms with Crippen molar-refractivity contribution in [2.75, 3.05) is 25.0 Å². The third-order valence-electron chi connectivity index (χ3n) is 6.58. The van der Waals surface area contributed by atoms with Gasteiger partial charge in [0.2, 0.25) is 11.6 Å². The summed E-state index contributed by atoms with van der Waals surface area (Å²) in [5.41, 5.74) is 3.45. The van der Waals surface area contributed by atoms with E-state index in [1.807, 2.05) is 44.3 Å². The van der Waals surface area contributed by atoms with E-state index < -0.39 is 0 Å². The lowest BCUT2D eigenvalue weighted by molar-refractivity contribution is 0.0957. The van der Waals surface area contributed by atoms with E-state index in [1.165, 1.54) is 17.3 Å². The fourth-order valence-electron chi connectivity index (χ4n) is 4.56. The second-order valence-electron chi connectivity index (χ2n) is 8.85. The Hall–Kier alpha value is -4.10. The van der Waals surface area contributed by atoms with Crippen molar-refractivity contribution in [3.8, 4) is 17.2 Å². The van der Waals surface area contributed by atoms with Gasteiger partial charge in [0, 0.05) is 24.2 Å². The monoisotopic (exact) mass is 455 g/mol. The van der Waals surface area contributed by atoms with E-state index in [-0.39, 0.29) is 23.7 Å². The summed E-state index contributed by atoms with van der Waals surface area (Å²) in [6.45, 7) is 5.66. The number of fused-ring (bicyclic) bond motifs is 1. The molecule has 5 rings (SSSR count). The first-order chi connectivity index (χ1) is 16.4. The van der Waals surface area contributed by atoms with Gasteiger partial charge in [-0.15, -0.1) is 5.10 Å². The van der Waals surface area contributed by atoms with E-state index in [9.17, 15) is 10.1 Å². The Morgan fingerprint density at radius 3 is 2.74 bits per heavy atom. The average Bonchev–Trinajstić information content (AvgIpc) is 3.59. The molecular formula is C24H25N9O. The van der Waals surface area contributed by atoms with Crippen LogP contribution in [0.15, 0.2) is 43.0 Å². The molecule has 4 aromatic rings. The molecule has 1 atom stereocenters. The molecular weight excluding hydrogens is 430 g/mol. The standard InChI is InChI=1S/C24H25N9O/c1-16-18(11-25)22-29-21(19(34)12-32-15-27-14-28-32)30-33(22)23(20(16)17-7-5-4-6-8-17)31-10-9-24(2,13-31)26-3/h4-8,14-15,26H,9-10,12-13H2,1-3H3/t24-/m0/s1. The van der Waals surface area contributed by atoms with Crippen LogP contribution in [0.3, 0.4) is 0 Å². The van der Waals surface area contributed by atoms with Gasteiger partial charge in [0.05, 0.1) is 0 Å². The third-order valence-corrected chi connectivity index (χ3v) is 6.58. The van der Waals surface area contributed by atoms with Gasteiger partial charge in [-0.2, -0.15) is 14.9 Å². The van der Waals surface area contributed by atoms with Crippen molar-refractivity contribution in [2.24, 2.45) is 0 Å². The van der Waals surface area contributed by atoms with Gasteiger partial charge >= 0.3 is 0 Å². The number of nitriles is 1. The number of likely N-dealkylation sites (N-methyl/N-ethyl adjacent to an activating group) is 1. The van der Waals surface area contributed by atoms with Crippen LogP contribution in [0.25, 0.3) is 16.8 Å². The molecule has 1 aliphatic rings. The first-order valence-corrected chi connectivity index (χ1v) is 11.1. The molecule has 10 nitrogen and oxygen atoms in total. The number of nitrogens with zero attached hydrogens (tertiary/aromatic N) is 8. The summed E-state index contributed by atoms with van der Waals surface area (Å²) >= 11 is 0. The fourth-order valence-corrected chi connectivity index (χ4v) is 4.56. The van der Waals surface area contributed by atoms with Gasteiger partial charge in [0.15, 0.2) is 5.65 Å². The van der Waals surface area contributed by atoms with Crippen LogP contribution in [0.4, 0.5) is 5.82 Å². The van der Waals surface area contributed by atoms with Crippen LogP contribution in [0.2, 0.25) is 0 Å². The molecule has 0 aliphatic carbocycles. The van der Waals surface area contributed by atoms with E-state index in [4.69, 9.17) is 0 Å². The fraction of sp³-hybridized carbons (Fsp3) is 0.333. The molecule has 1 aliphatic heterocycles. The molecule has 10 heteroatoms. The van der Waals surface area contributed by atoms with Crippen molar-refractivity contribution in [1.82, 2.24) is 34.7 Å². The summed E-state index contributed by atoms with van der Waals surface area (Å²) in [6, 6.07) is 12.3. The zero-order chi connectivity index (χ0) is 23.9. The van der Waals surface area contributed by atoms with Gasteiger partial charge in [-0.1, -0.05) is 30.3 Å². The summed E-state index contributed by atoms with van der Waals surface area (Å²) in [6.07, 6.45) is 3.79. The largest absolute Gasteiger partial charge is 0.354 e. The Kier molecular flexibility index (Phi) is 5.34. The predicted molar refractivity (Wildman–Crippen MR) is 127 cm³/mol. The summed E-state index contributed by atoms with van der Waals surface area (Å²) in [5.74, 6) is 0.585. The Morgan fingerprint density at radius 1 is 1.29 bits per heavy atom. The van der Waals surface area contributed by atoms with Crippen LogP contribution in [0.5, 0.6) is 0 Å². The number of rotatable bonds is 6. The Bertz CT molecular complexity index is 1400. The van der Waals surface area contributed by atoms with Crippen LogP contribution in [-0.2, 0) is 6.54 Å². The summed E-state index contributed by atoms with van der Waals surface area (Å²) in [7, 11) is 1.97. The lowest BCUT2D eigenvalue weighted by Gasteiger charge is -2.27. The Morgan fingerprint density at radius 2 is 2.09 bits per heavy atom. The molecule has 1 N–H and O–H groups in total. The lowest BCUT2D eigenvalue weighted by Crippen LogP contribution is -2.42.